The molecule has 0 saturated carbocycles. The van der Waals surface area contributed by atoms with Crippen LogP contribution >= 0.6 is 0 Å². The molecule has 4 heteroatoms. The Kier molecular flexibility index (Phi) is 8.67. The standard InChI is InChI=1S/C31H45N3O/c1-5-25(6-2)29-18-27(26-13-8-7-9-14-26)15-16-34(29)30(35)28-20-33-22-31(28,4)21-32-19-24-12-10-11-23(3)17-24/h7-14,17,25,27-29,32-33H,5-6,15-16,18-22H2,1-4H3. The van der Waals surface area contributed by atoms with Gasteiger partial charge >= 0.3 is 0 Å². The number of piperidine rings is 1. The molecule has 35 heavy (non-hydrogen) atoms. The van der Waals surface area contributed by atoms with Gasteiger partial charge in [-0.25, -0.2) is 0 Å². The van der Waals surface area contributed by atoms with Gasteiger partial charge in [-0.1, -0.05) is 93.8 Å². The zero-order valence-corrected chi connectivity index (χ0v) is 22.2. The molecule has 4 unspecified atom stereocenters. The summed E-state index contributed by atoms with van der Waals surface area (Å²) in [7, 11) is 0. The van der Waals surface area contributed by atoms with E-state index in [9.17, 15) is 4.79 Å². The molecule has 2 fully saturated rings. The third kappa shape index (κ3) is 5.98. The van der Waals surface area contributed by atoms with Crippen LogP contribution in [0, 0.1) is 24.2 Å². The van der Waals surface area contributed by atoms with Crippen LogP contribution in [0.25, 0.3) is 0 Å². The molecule has 2 aliphatic rings. The number of hydrogen-bond donors (Lipinski definition) is 2. The molecule has 0 radical (unpaired) electrons. The molecule has 0 spiro atoms. The Labute approximate surface area is 212 Å². The topological polar surface area (TPSA) is 44.4 Å². The highest BCUT2D eigenvalue weighted by atomic mass is 16.2. The number of benzene rings is 2. The highest BCUT2D eigenvalue weighted by Crippen LogP contribution is 2.39. The van der Waals surface area contributed by atoms with Crippen LogP contribution < -0.4 is 10.6 Å². The van der Waals surface area contributed by atoms with Crippen LogP contribution in [0.15, 0.2) is 54.6 Å². The van der Waals surface area contributed by atoms with Crippen LogP contribution in [0.2, 0.25) is 0 Å². The molecule has 1 amide bonds. The van der Waals surface area contributed by atoms with Crippen molar-refractivity contribution in [3.8, 4) is 0 Å². The minimum absolute atomic E-state index is 0.0256. The van der Waals surface area contributed by atoms with Gasteiger partial charge in [-0.3, -0.25) is 4.79 Å². The fourth-order valence-corrected chi connectivity index (χ4v) is 6.54. The Morgan fingerprint density at radius 3 is 2.63 bits per heavy atom. The van der Waals surface area contributed by atoms with Crippen molar-refractivity contribution in [1.29, 1.82) is 0 Å². The first-order chi connectivity index (χ1) is 16.9. The Balaban J connectivity index is 1.46. The highest BCUT2D eigenvalue weighted by molar-refractivity contribution is 5.81. The van der Waals surface area contributed by atoms with Crippen LogP contribution in [-0.4, -0.2) is 43.0 Å². The second kappa shape index (κ2) is 11.7. The molecule has 2 heterocycles. The van der Waals surface area contributed by atoms with Gasteiger partial charge in [0.25, 0.3) is 0 Å². The van der Waals surface area contributed by atoms with E-state index in [1.807, 2.05) is 0 Å². The molecule has 4 rings (SSSR count). The van der Waals surface area contributed by atoms with Crippen LogP contribution in [-0.2, 0) is 11.3 Å². The van der Waals surface area contributed by atoms with Gasteiger partial charge in [-0.2, -0.15) is 0 Å². The quantitative estimate of drug-likeness (QED) is 0.502. The van der Waals surface area contributed by atoms with Gasteiger partial charge in [0.05, 0.1) is 5.92 Å². The molecule has 0 bridgehead atoms. The lowest BCUT2D eigenvalue weighted by Crippen LogP contribution is -2.54. The average molecular weight is 476 g/mol. The second-order valence-corrected chi connectivity index (χ2v) is 11.2. The third-order valence-corrected chi connectivity index (χ3v) is 8.75. The maximum absolute atomic E-state index is 14.1. The number of hydrogen-bond acceptors (Lipinski definition) is 3. The zero-order chi connectivity index (χ0) is 24.8. The van der Waals surface area contributed by atoms with Crippen molar-refractivity contribution in [1.82, 2.24) is 15.5 Å². The van der Waals surface area contributed by atoms with Crippen molar-refractivity contribution in [2.45, 2.75) is 71.9 Å². The van der Waals surface area contributed by atoms with Crippen LogP contribution in [0.3, 0.4) is 0 Å². The summed E-state index contributed by atoms with van der Waals surface area (Å²) in [5.74, 6) is 1.51. The summed E-state index contributed by atoms with van der Waals surface area (Å²) in [5, 5.41) is 7.23. The number of aryl methyl sites for hydroxylation is 1. The first-order valence-electron chi connectivity index (χ1n) is 13.8. The predicted molar refractivity (Wildman–Crippen MR) is 145 cm³/mol. The minimum Gasteiger partial charge on any atom is -0.339 e. The van der Waals surface area contributed by atoms with Gasteiger partial charge in [0.1, 0.15) is 0 Å². The van der Waals surface area contributed by atoms with E-state index in [1.165, 1.54) is 16.7 Å². The zero-order valence-electron chi connectivity index (χ0n) is 22.2. The largest absolute Gasteiger partial charge is 0.339 e. The predicted octanol–water partition coefficient (Wildman–Crippen LogP) is 5.52. The Hall–Kier alpha value is -2.17. The highest BCUT2D eigenvalue weighted by Gasteiger charge is 2.47. The van der Waals surface area contributed by atoms with E-state index in [-0.39, 0.29) is 11.3 Å². The molecule has 0 aromatic heterocycles. The van der Waals surface area contributed by atoms with Crippen LogP contribution in [0.1, 0.15) is 69.1 Å². The van der Waals surface area contributed by atoms with E-state index >= 15 is 0 Å². The summed E-state index contributed by atoms with van der Waals surface area (Å²) in [4.78, 5) is 16.4. The van der Waals surface area contributed by atoms with Crippen molar-refractivity contribution in [2.24, 2.45) is 17.3 Å². The maximum Gasteiger partial charge on any atom is 0.227 e. The fourth-order valence-electron chi connectivity index (χ4n) is 6.54. The third-order valence-electron chi connectivity index (χ3n) is 8.75. The van der Waals surface area contributed by atoms with Gasteiger partial charge in [0, 0.05) is 44.2 Å². The summed E-state index contributed by atoms with van der Waals surface area (Å²) in [6.45, 7) is 13.3. The van der Waals surface area contributed by atoms with E-state index < -0.39 is 0 Å². The van der Waals surface area contributed by atoms with E-state index in [4.69, 9.17) is 0 Å². The second-order valence-electron chi connectivity index (χ2n) is 11.2. The van der Waals surface area contributed by atoms with Gasteiger partial charge in [0.15, 0.2) is 0 Å². The summed E-state index contributed by atoms with van der Waals surface area (Å²) < 4.78 is 0. The molecule has 0 aliphatic carbocycles. The molecule has 2 aliphatic heterocycles. The lowest BCUT2D eigenvalue weighted by Gasteiger charge is -2.46. The van der Waals surface area contributed by atoms with Crippen molar-refractivity contribution in [3.05, 3.63) is 71.3 Å². The Bertz CT molecular complexity index is 957. The number of carbonyl (C=O) groups is 1. The molecule has 2 saturated heterocycles. The molecule has 190 valence electrons. The van der Waals surface area contributed by atoms with Crippen LogP contribution in [0.5, 0.6) is 0 Å². The van der Waals surface area contributed by atoms with Crippen LogP contribution in [0.4, 0.5) is 0 Å². The maximum atomic E-state index is 14.1. The van der Waals surface area contributed by atoms with E-state index in [0.29, 0.717) is 23.8 Å². The molecule has 2 N–H and O–H groups in total. The normalized spacial score (nSPS) is 26.9. The summed E-state index contributed by atoms with van der Waals surface area (Å²) in [5.41, 5.74) is 3.95. The van der Waals surface area contributed by atoms with Crippen molar-refractivity contribution >= 4 is 5.91 Å². The number of nitrogens with zero attached hydrogens (tertiary/aromatic N) is 1. The smallest absolute Gasteiger partial charge is 0.227 e. The van der Waals surface area contributed by atoms with E-state index in [1.54, 1.807) is 0 Å². The average Bonchev–Trinajstić information content (AvgIpc) is 3.26. The first kappa shape index (κ1) is 25.9. The lowest BCUT2D eigenvalue weighted by molar-refractivity contribution is -0.143. The molecule has 4 nitrogen and oxygen atoms in total. The first-order valence-corrected chi connectivity index (χ1v) is 13.8. The molecular weight excluding hydrogens is 430 g/mol. The molecular formula is C31H45N3O. The van der Waals surface area contributed by atoms with Crippen molar-refractivity contribution < 1.29 is 4.79 Å². The minimum atomic E-state index is -0.0737. The Morgan fingerprint density at radius 1 is 1.14 bits per heavy atom. The number of carbonyl (C=O) groups excluding carboxylic acids is 1. The number of rotatable bonds is 9. The van der Waals surface area contributed by atoms with Gasteiger partial charge < -0.3 is 15.5 Å². The lowest BCUT2D eigenvalue weighted by atomic mass is 9.75. The number of nitrogens with one attached hydrogen (secondary N) is 2. The van der Waals surface area contributed by atoms with Gasteiger partial charge in [-0.15, -0.1) is 0 Å². The fraction of sp³-hybridized carbons (Fsp3) is 0.581. The number of amides is 1. The molecule has 2 aromatic carbocycles. The summed E-state index contributed by atoms with van der Waals surface area (Å²) in [6, 6.07) is 19.9. The van der Waals surface area contributed by atoms with Gasteiger partial charge in [-0.05, 0) is 42.7 Å². The monoisotopic (exact) mass is 475 g/mol. The van der Waals surface area contributed by atoms with Crippen molar-refractivity contribution in [3.63, 3.8) is 0 Å². The Morgan fingerprint density at radius 2 is 1.91 bits per heavy atom. The molecule has 4 atom stereocenters. The summed E-state index contributed by atoms with van der Waals surface area (Å²) in [6.07, 6.45) is 4.41. The number of likely N-dealkylation sites (tertiary alicyclic amines) is 1. The van der Waals surface area contributed by atoms with E-state index in [2.05, 4.69) is 97.8 Å². The van der Waals surface area contributed by atoms with E-state index in [0.717, 1.165) is 58.4 Å². The van der Waals surface area contributed by atoms with Crippen molar-refractivity contribution in [2.75, 3.05) is 26.2 Å². The summed E-state index contributed by atoms with van der Waals surface area (Å²) >= 11 is 0. The SMILES string of the molecule is CCC(CC)C1CC(c2ccccc2)CCN1C(=O)C1CNCC1(C)CNCc1cccc(C)c1. The molecule has 2 aromatic rings. The van der Waals surface area contributed by atoms with Gasteiger partial charge in [0.2, 0.25) is 5.91 Å².